The summed E-state index contributed by atoms with van der Waals surface area (Å²) < 4.78 is 0. The lowest BCUT2D eigenvalue weighted by molar-refractivity contribution is -0.147. The van der Waals surface area contributed by atoms with Crippen molar-refractivity contribution in [3.05, 3.63) is 0 Å². The first-order chi connectivity index (χ1) is 9.78. The van der Waals surface area contributed by atoms with Crippen molar-refractivity contribution < 1.29 is 14.7 Å². The van der Waals surface area contributed by atoms with Crippen LogP contribution in [0.3, 0.4) is 0 Å². The van der Waals surface area contributed by atoms with Crippen molar-refractivity contribution >= 4 is 12.0 Å². The zero-order valence-corrected chi connectivity index (χ0v) is 13.7. The van der Waals surface area contributed by atoms with Gasteiger partial charge in [-0.1, -0.05) is 0 Å². The molecule has 122 valence electrons. The van der Waals surface area contributed by atoms with Crippen LogP contribution in [0.4, 0.5) is 4.79 Å². The number of nitrogens with one attached hydrogen (secondary N) is 1. The number of aliphatic carboxylic acids is 1. The summed E-state index contributed by atoms with van der Waals surface area (Å²) in [6, 6.07) is -0.294. The number of rotatable bonds is 6. The molecule has 2 amide bonds. The molecule has 6 heteroatoms. The lowest BCUT2D eigenvalue weighted by atomic mass is 9.94. The predicted octanol–water partition coefficient (Wildman–Crippen LogP) is 1.61. The topological polar surface area (TPSA) is 72.9 Å². The standard InChI is InChI=1S/C15H29N3O3/c1-5-18(15(2,3)13(19)20)14(21)16-9-6-12-7-10-17(4)11-8-12/h12H,5-11H2,1-4H3,(H,16,21)(H,19,20). The van der Waals surface area contributed by atoms with Gasteiger partial charge >= 0.3 is 12.0 Å². The largest absolute Gasteiger partial charge is 0.480 e. The van der Waals surface area contributed by atoms with Gasteiger partial charge in [0, 0.05) is 13.1 Å². The summed E-state index contributed by atoms with van der Waals surface area (Å²) in [6.45, 7) is 8.11. The number of carbonyl (C=O) groups is 2. The molecular formula is C15H29N3O3. The molecule has 0 aromatic carbocycles. The summed E-state index contributed by atoms with van der Waals surface area (Å²) in [6.07, 6.45) is 3.31. The Balaban J connectivity index is 2.40. The molecule has 0 spiro atoms. The molecule has 1 fully saturated rings. The number of urea groups is 1. The fraction of sp³-hybridized carbons (Fsp3) is 0.867. The van der Waals surface area contributed by atoms with Crippen LogP contribution in [0.15, 0.2) is 0 Å². The summed E-state index contributed by atoms with van der Waals surface area (Å²) in [4.78, 5) is 27.1. The predicted molar refractivity (Wildman–Crippen MR) is 82.3 cm³/mol. The number of hydrogen-bond donors (Lipinski definition) is 2. The monoisotopic (exact) mass is 299 g/mol. The van der Waals surface area contributed by atoms with Crippen molar-refractivity contribution in [2.75, 3.05) is 33.2 Å². The fourth-order valence-electron chi connectivity index (χ4n) is 2.74. The average Bonchev–Trinajstić information content (AvgIpc) is 2.41. The number of carbonyl (C=O) groups excluding carboxylic acids is 1. The molecule has 0 aliphatic carbocycles. The van der Waals surface area contributed by atoms with E-state index in [1.54, 1.807) is 20.8 Å². The molecule has 0 aromatic heterocycles. The van der Waals surface area contributed by atoms with Crippen LogP contribution >= 0.6 is 0 Å². The van der Waals surface area contributed by atoms with Gasteiger partial charge in [0.2, 0.25) is 0 Å². The van der Waals surface area contributed by atoms with E-state index in [1.807, 2.05) is 0 Å². The number of carboxylic acids is 1. The lowest BCUT2D eigenvalue weighted by Crippen LogP contribution is -2.56. The third-order valence-electron chi connectivity index (χ3n) is 4.43. The molecule has 0 aromatic rings. The number of likely N-dealkylation sites (N-methyl/N-ethyl adjacent to an activating group) is 1. The summed E-state index contributed by atoms with van der Waals surface area (Å²) in [5.41, 5.74) is -1.19. The molecule has 0 atom stereocenters. The molecule has 1 aliphatic rings. The first-order valence-corrected chi connectivity index (χ1v) is 7.76. The Labute approximate surface area is 127 Å². The van der Waals surface area contributed by atoms with Gasteiger partial charge in [0.25, 0.3) is 0 Å². The lowest BCUT2D eigenvalue weighted by Gasteiger charge is -2.34. The van der Waals surface area contributed by atoms with E-state index in [-0.39, 0.29) is 6.03 Å². The van der Waals surface area contributed by atoms with Crippen molar-refractivity contribution in [3.63, 3.8) is 0 Å². The van der Waals surface area contributed by atoms with Crippen LogP contribution in [0.2, 0.25) is 0 Å². The molecule has 21 heavy (non-hydrogen) atoms. The van der Waals surface area contributed by atoms with E-state index in [9.17, 15) is 14.7 Å². The van der Waals surface area contributed by atoms with E-state index in [1.165, 1.54) is 17.7 Å². The van der Waals surface area contributed by atoms with Crippen molar-refractivity contribution in [2.24, 2.45) is 5.92 Å². The summed E-state index contributed by atoms with van der Waals surface area (Å²) in [7, 11) is 2.13. The smallest absolute Gasteiger partial charge is 0.329 e. The Bertz CT molecular complexity index is 363. The molecule has 1 saturated heterocycles. The number of hydrogen-bond acceptors (Lipinski definition) is 3. The number of piperidine rings is 1. The minimum Gasteiger partial charge on any atom is -0.480 e. The van der Waals surface area contributed by atoms with Gasteiger partial charge in [-0.2, -0.15) is 0 Å². The molecule has 1 heterocycles. The fourth-order valence-corrected chi connectivity index (χ4v) is 2.74. The highest BCUT2D eigenvalue weighted by Crippen LogP contribution is 2.19. The molecule has 0 saturated carbocycles. The Morgan fingerprint density at radius 3 is 2.38 bits per heavy atom. The second kappa shape index (κ2) is 7.64. The summed E-state index contributed by atoms with van der Waals surface area (Å²) in [5, 5.41) is 12.1. The maximum Gasteiger partial charge on any atom is 0.329 e. The van der Waals surface area contributed by atoms with Gasteiger partial charge in [-0.25, -0.2) is 9.59 Å². The number of amides is 2. The third kappa shape index (κ3) is 4.88. The van der Waals surface area contributed by atoms with E-state index in [2.05, 4.69) is 17.3 Å². The quantitative estimate of drug-likeness (QED) is 0.781. The second-order valence-electron chi connectivity index (χ2n) is 6.38. The van der Waals surface area contributed by atoms with Crippen LogP contribution < -0.4 is 5.32 Å². The molecule has 0 bridgehead atoms. The van der Waals surface area contributed by atoms with Crippen LogP contribution in [0.1, 0.15) is 40.0 Å². The Hall–Kier alpha value is -1.30. The molecule has 6 nitrogen and oxygen atoms in total. The highest BCUT2D eigenvalue weighted by atomic mass is 16.4. The molecule has 2 N–H and O–H groups in total. The van der Waals surface area contributed by atoms with Gasteiger partial charge in [0.1, 0.15) is 5.54 Å². The number of nitrogens with zero attached hydrogens (tertiary/aromatic N) is 2. The Kier molecular flexibility index (Phi) is 6.45. The van der Waals surface area contributed by atoms with Crippen LogP contribution in [0.5, 0.6) is 0 Å². The highest BCUT2D eigenvalue weighted by Gasteiger charge is 2.36. The van der Waals surface area contributed by atoms with Gasteiger partial charge in [-0.15, -0.1) is 0 Å². The van der Waals surface area contributed by atoms with Crippen molar-refractivity contribution in [1.82, 2.24) is 15.1 Å². The van der Waals surface area contributed by atoms with Crippen LogP contribution in [-0.4, -0.2) is 65.7 Å². The molecule has 1 rings (SSSR count). The summed E-state index contributed by atoms with van der Waals surface area (Å²) in [5.74, 6) is -0.334. The average molecular weight is 299 g/mol. The van der Waals surface area contributed by atoms with Gasteiger partial charge in [0.15, 0.2) is 0 Å². The zero-order chi connectivity index (χ0) is 16.0. The Morgan fingerprint density at radius 2 is 1.90 bits per heavy atom. The van der Waals surface area contributed by atoms with Crippen LogP contribution in [-0.2, 0) is 4.79 Å². The van der Waals surface area contributed by atoms with Gasteiger partial charge in [-0.05, 0) is 66.1 Å². The van der Waals surface area contributed by atoms with E-state index >= 15 is 0 Å². The first-order valence-electron chi connectivity index (χ1n) is 7.76. The van der Waals surface area contributed by atoms with Crippen LogP contribution in [0, 0.1) is 5.92 Å². The minimum absolute atomic E-state index is 0.294. The first kappa shape index (κ1) is 17.8. The van der Waals surface area contributed by atoms with E-state index in [0.29, 0.717) is 19.0 Å². The molecule has 0 unspecified atom stereocenters. The zero-order valence-electron chi connectivity index (χ0n) is 13.7. The summed E-state index contributed by atoms with van der Waals surface area (Å²) >= 11 is 0. The van der Waals surface area contributed by atoms with E-state index in [4.69, 9.17) is 0 Å². The third-order valence-corrected chi connectivity index (χ3v) is 4.43. The van der Waals surface area contributed by atoms with Gasteiger partial charge in [-0.3, -0.25) is 0 Å². The van der Waals surface area contributed by atoms with Crippen molar-refractivity contribution in [1.29, 1.82) is 0 Å². The SMILES string of the molecule is CCN(C(=O)NCCC1CCN(C)CC1)C(C)(C)C(=O)O. The number of likely N-dealkylation sites (tertiary alicyclic amines) is 1. The van der Waals surface area contributed by atoms with Gasteiger partial charge in [0.05, 0.1) is 0 Å². The van der Waals surface area contributed by atoms with Crippen molar-refractivity contribution in [2.45, 2.75) is 45.6 Å². The van der Waals surface area contributed by atoms with Crippen LogP contribution in [0.25, 0.3) is 0 Å². The number of carboxylic acid groups (broad SMARTS) is 1. The maximum absolute atomic E-state index is 12.2. The maximum atomic E-state index is 12.2. The van der Waals surface area contributed by atoms with Gasteiger partial charge < -0.3 is 20.2 Å². The van der Waals surface area contributed by atoms with E-state index < -0.39 is 11.5 Å². The second-order valence-corrected chi connectivity index (χ2v) is 6.38. The Morgan fingerprint density at radius 1 is 1.33 bits per heavy atom. The highest BCUT2D eigenvalue weighted by molar-refractivity contribution is 5.85. The normalized spacial score (nSPS) is 17.5. The molecule has 0 radical (unpaired) electrons. The van der Waals surface area contributed by atoms with E-state index in [0.717, 1.165) is 19.5 Å². The molecule has 1 aliphatic heterocycles. The van der Waals surface area contributed by atoms with Crippen molar-refractivity contribution in [3.8, 4) is 0 Å². The molecular weight excluding hydrogens is 270 g/mol. The minimum atomic E-state index is -1.19.